The van der Waals surface area contributed by atoms with E-state index in [-0.39, 0.29) is 5.91 Å². The van der Waals surface area contributed by atoms with Gasteiger partial charge in [-0.15, -0.1) is 0 Å². The molecule has 0 spiro atoms. The van der Waals surface area contributed by atoms with E-state index in [9.17, 15) is 4.79 Å². The van der Waals surface area contributed by atoms with Gasteiger partial charge in [0.25, 0.3) is 0 Å². The first kappa shape index (κ1) is 16.0. The molecular weight excluding hydrogens is 260 g/mol. The molecule has 0 atom stereocenters. The van der Waals surface area contributed by atoms with E-state index in [4.69, 9.17) is 0 Å². The van der Waals surface area contributed by atoms with Crippen molar-refractivity contribution in [2.24, 2.45) is 0 Å². The zero-order valence-electron chi connectivity index (χ0n) is 13.3. The molecule has 3 heteroatoms. The standard InChI is InChI=1S/C18H28N2O/c1-3-19-16-9-11-17(12-10-16)20-18(21)13-8-15-6-4-14(2)5-7-15/h4-7,16-17,19H,3,8-13H2,1-2H3,(H,20,21). The van der Waals surface area contributed by atoms with Gasteiger partial charge in [-0.2, -0.15) is 0 Å². The highest BCUT2D eigenvalue weighted by molar-refractivity contribution is 5.76. The van der Waals surface area contributed by atoms with Crippen molar-refractivity contribution in [1.29, 1.82) is 0 Å². The number of aryl methyl sites for hydroxylation is 2. The summed E-state index contributed by atoms with van der Waals surface area (Å²) in [6.07, 6.45) is 5.99. The highest BCUT2D eigenvalue weighted by atomic mass is 16.1. The van der Waals surface area contributed by atoms with E-state index in [1.165, 1.54) is 24.0 Å². The van der Waals surface area contributed by atoms with Crippen LogP contribution in [0.5, 0.6) is 0 Å². The van der Waals surface area contributed by atoms with Gasteiger partial charge in [0, 0.05) is 18.5 Å². The van der Waals surface area contributed by atoms with Crippen LogP contribution in [0.2, 0.25) is 0 Å². The van der Waals surface area contributed by atoms with Gasteiger partial charge >= 0.3 is 0 Å². The van der Waals surface area contributed by atoms with Crippen molar-refractivity contribution in [2.75, 3.05) is 6.54 Å². The smallest absolute Gasteiger partial charge is 0.220 e. The Bertz CT molecular complexity index is 433. The van der Waals surface area contributed by atoms with Crippen molar-refractivity contribution in [3.05, 3.63) is 35.4 Å². The minimum absolute atomic E-state index is 0.197. The zero-order chi connectivity index (χ0) is 15.1. The van der Waals surface area contributed by atoms with Gasteiger partial charge in [0.15, 0.2) is 0 Å². The average Bonchev–Trinajstić information content (AvgIpc) is 2.49. The van der Waals surface area contributed by atoms with Crippen LogP contribution in [0.1, 0.15) is 50.2 Å². The van der Waals surface area contributed by atoms with Gasteiger partial charge in [-0.1, -0.05) is 36.8 Å². The fraction of sp³-hybridized carbons (Fsp3) is 0.611. The molecule has 116 valence electrons. The fourth-order valence-corrected chi connectivity index (χ4v) is 3.04. The van der Waals surface area contributed by atoms with Crippen molar-refractivity contribution in [3.8, 4) is 0 Å². The van der Waals surface area contributed by atoms with E-state index in [0.29, 0.717) is 18.5 Å². The molecule has 2 rings (SSSR count). The number of nitrogens with one attached hydrogen (secondary N) is 2. The van der Waals surface area contributed by atoms with Gasteiger partial charge in [0.2, 0.25) is 5.91 Å². The van der Waals surface area contributed by atoms with Crippen LogP contribution in [0, 0.1) is 6.92 Å². The first-order valence-electron chi connectivity index (χ1n) is 8.25. The Labute approximate surface area is 128 Å². The third kappa shape index (κ3) is 5.50. The number of amides is 1. The van der Waals surface area contributed by atoms with E-state index in [1.807, 2.05) is 0 Å². The Morgan fingerprint density at radius 2 is 1.71 bits per heavy atom. The summed E-state index contributed by atoms with van der Waals surface area (Å²) in [4.78, 5) is 12.0. The quantitative estimate of drug-likeness (QED) is 0.845. The molecule has 21 heavy (non-hydrogen) atoms. The van der Waals surface area contributed by atoms with E-state index in [0.717, 1.165) is 25.8 Å². The van der Waals surface area contributed by atoms with E-state index < -0.39 is 0 Å². The molecule has 0 radical (unpaired) electrons. The lowest BCUT2D eigenvalue weighted by Gasteiger charge is -2.29. The summed E-state index contributed by atoms with van der Waals surface area (Å²) in [6.45, 7) is 5.28. The fourth-order valence-electron chi connectivity index (χ4n) is 3.04. The zero-order valence-corrected chi connectivity index (χ0v) is 13.3. The first-order chi connectivity index (χ1) is 10.2. The summed E-state index contributed by atoms with van der Waals surface area (Å²) >= 11 is 0. The number of benzene rings is 1. The van der Waals surface area contributed by atoms with Crippen molar-refractivity contribution < 1.29 is 4.79 Å². The summed E-state index contributed by atoms with van der Waals surface area (Å²) in [5, 5.41) is 6.69. The van der Waals surface area contributed by atoms with Crippen LogP contribution < -0.4 is 10.6 Å². The van der Waals surface area contributed by atoms with Crippen LogP contribution >= 0.6 is 0 Å². The third-order valence-corrected chi connectivity index (χ3v) is 4.35. The van der Waals surface area contributed by atoms with Crippen molar-refractivity contribution in [3.63, 3.8) is 0 Å². The molecular formula is C18H28N2O. The number of carbonyl (C=O) groups is 1. The number of rotatable bonds is 6. The van der Waals surface area contributed by atoms with Crippen molar-refractivity contribution in [1.82, 2.24) is 10.6 Å². The Balaban J connectivity index is 1.67. The van der Waals surface area contributed by atoms with Crippen LogP contribution in [-0.4, -0.2) is 24.5 Å². The Morgan fingerprint density at radius 3 is 2.33 bits per heavy atom. The van der Waals surface area contributed by atoms with E-state index >= 15 is 0 Å². The van der Waals surface area contributed by atoms with Gasteiger partial charge in [-0.25, -0.2) is 0 Å². The van der Waals surface area contributed by atoms with Crippen LogP contribution in [0.15, 0.2) is 24.3 Å². The minimum atomic E-state index is 0.197. The van der Waals surface area contributed by atoms with Crippen molar-refractivity contribution in [2.45, 2.75) is 64.5 Å². The molecule has 0 aromatic heterocycles. The molecule has 1 aromatic rings. The molecule has 1 aliphatic carbocycles. The molecule has 0 saturated heterocycles. The van der Waals surface area contributed by atoms with Gasteiger partial charge in [0.1, 0.15) is 0 Å². The average molecular weight is 288 g/mol. The number of hydrogen-bond donors (Lipinski definition) is 2. The second kappa shape index (κ2) is 8.18. The van der Waals surface area contributed by atoms with E-state index in [1.54, 1.807) is 0 Å². The molecule has 1 saturated carbocycles. The van der Waals surface area contributed by atoms with Crippen LogP contribution in [0.3, 0.4) is 0 Å². The highest BCUT2D eigenvalue weighted by Gasteiger charge is 2.21. The van der Waals surface area contributed by atoms with Crippen LogP contribution in [0.25, 0.3) is 0 Å². The molecule has 1 amide bonds. The molecule has 1 aromatic carbocycles. The molecule has 1 aliphatic rings. The maximum Gasteiger partial charge on any atom is 0.220 e. The first-order valence-corrected chi connectivity index (χ1v) is 8.25. The lowest BCUT2D eigenvalue weighted by Crippen LogP contribution is -2.42. The SMILES string of the molecule is CCNC1CCC(NC(=O)CCc2ccc(C)cc2)CC1. The monoisotopic (exact) mass is 288 g/mol. The minimum Gasteiger partial charge on any atom is -0.353 e. The van der Waals surface area contributed by atoms with Crippen molar-refractivity contribution >= 4 is 5.91 Å². The lowest BCUT2D eigenvalue weighted by molar-refractivity contribution is -0.122. The predicted octanol–water partition coefficient (Wildman–Crippen LogP) is 2.96. The Morgan fingerprint density at radius 1 is 1.10 bits per heavy atom. The number of carbonyl (C=O) groups excluding carboxylic acids is 1. The summed E-state index contributed by atoms with van der Waals surface area (Å²) in [5.41, 5.74) is 2.51. The highest BCUT2D eigenvalue weighted by Crippen LogP contribution is 2.18. The molecule has 3 nitrogen and oxygen atoms in total. The van der Waals surface area contributed by atoms with Crippen LogP contribution in [0.4, 0.5) is 0 Å². The summed E-state index contributed by atoms with van der Waals surface area (Å²) < 4.78 is 0. The van der Waals surface area contributed by atoms with E-state index in [2.05, 4.69) is 48.7 Å². The molecule has 1 fully saturated rings. The molecule has 0 bridgehead atoms. The maximum absolute atomic E-state index is 12.0. The van der Waals surface area contributed by atoms with Gasteiger partial charge in [-0.05, 0) is 51.1 Å². The molecule has 0 unspecified atom stereocenters. The topological polar surface area (TPSA) is 41.1 Å². The van der Waals surface area contributed by atoms with Gasteiger partial charge < -0.3 is 10.6 Å². The summed E-state index contributed by atoms with van der Waals surface area (Å²) in [5.74, 6) is 0.197. The van der Waals surface area contributed by atoms with Gasteiger partial charge in [0.05, 0.1) is 0 Å². The van der Waals surface area contributed by atoms with Gasteiger partial charge in [-0.3, -0.25) is 4.79 Å². The normalized spacial score (nSPS) is 22.0. The lowest BCUT2D eigenvalue weighted by atomic mass is 9.91. The third-order valence-electron chi connectivity index (χ3n) is 4.35. The largest absolute Gasteiger partial charge is 0.353 e. The molecule has 0 aliphatic heterocycles. The Kier molecular flexibility index (Phi) is 6.24. The molecule has 0 heterocycles. The maximum atomic E-state index is 12.0. The summed E-state index contributed by atoms with van der Waals surface area (Å²) in [6, 6.07) is 9.47. The Hall–Kier alpha value is -1.35. The summed E-state index contributed by atoms with van der Waals surface area (Å²) in [7, 11) is 0. The molecule has 2 N–H and O–H groups in total. The second-order valence-corrected chi connectivity index (χ2v) is 6.16. The second-order valence-electron chi connectivity index (χ2n) is 6.16. The van der Waals surface area contributed by atoms with Crippen LogP contribution in [-0.2, 0) is 11.2 Å². The predicted molar refractivity (Wildman–Crippen MR) is 87.4 cm³/mol. The number of hydrogen-bond acceptors (Lipinski definition) is 2.